The molecule has 10 nitrogen and oxygen atoms in total. The Kier molecular flexibility index (Phi) is 8.67. The number of carbonyl (C=O) groups is 1. The Labute approximate surface area is 255 Å². The molecule has 1 atom stereocenters. The molecule has 3 aromatic carbocycles. The lowest BCUT2D eigenvalue weighted by Gasteiger charge is -2.26. The third kappa shape index (κ3) is 6.00. The first-order valence-electron chi connectivity index (χ1n) is 14.2. The fourth-order valence-corrected chi connectivity index (χ4v) is 6.60. The summed E-state index contributed by atoms with van der Waals surface area (Å²) in [4.78, 5) is 28.8. The predicted molar refractivity (Wildman–Crippen MR) is 163 cm³/mol. The summed E-state index contributed by atoms with van der Waals surface area (Å²) in [7, 11) is -3.03. The number of hydrogen-bond donors (Lipinski definition) is 2. The summed E-state index contributed by atoms with van der Waals surface area (Å²) in [6.07, 6.45) is 1.39. The Bertz CT molecular complexity index is 1920. The lowest BCUT2D eigenvalue weighted by Crippen LogP contribution is -2.29. The van der Waals surface area contributed by atoms with E-state index >= 15 is 0 Å². The van der Waals surface area contributed by atoms with Gasteiger partial charge in [-0.2, -0.15) is 10.2 Å². The maximum Gasteiger partial charge on any atom is 0.296 e. The highest BCUT2D eigenvalue weighted by molar-refractivity contribution is 7.91. The van der Waals surface area contributed by atoms with Crippen molar-refractivity contribution in [1.82, 2.24) is 14.9 Å². The molecule has 1 aliphatic carbocycles. The number of nitrogens with zero attached hydrogens (tertiary/aromatic N) is 3. The number of hydrogen-bond acceptors (Lipinski definition) is 8. The van der Waals surface area contributed by atoms with Crippen molar-refractivity contribution < 1.29 is 23.1 Å². The van der Waals surface area contributed by atoms with Crippen LogP contribution in [0.5, 0.6) is 5.88 Å². The largest absolute Gasteiger partial charge is 0.493 e. The van der Waals surface area contributed by atoms with E-state index in [9.17, 15) is 28.4 Å². The smallest absolute Gasteiger partial charge is 0.296 e. The van der Waals surface area contributed by atoms with E-state index in [0.717, 1.165) is 12.8 Å². The van der Waals surface area contributed by atoms with E-state index in [1.807, 2.05) is 13.8 Å². The van der Waals surface area contributed by atoms with Crippen molar-refractivity contribution >= 4 is 15.7 Å². The minimum atomic E-state index is -4.55. The normalized spacial score (nSPS) is 13.8. The summed E-state index contributed by atoms with van der Waals surface area (Å²) in [5.74, 6) is -0.922. The van der Waals surface area contributed by atoms with Gasteiger partial charge in [-0.3, -0.25) is 14.2 Å². The lowest BCUT2D eigenvalue weighted by atomic mass is 9.99. The summed E-state index contributed by atoms with van der Waals surface area (Å²) >= 11 is 0. The van der Waals surface area contributed by atoms with Crippen LogP contribution in [0.15, 0.2) is 87.4 Å². The maximum atomic E-state index is 14.0. The van der Waals surface area contributed by atoms with Crippen LogP contribution in [0, 0.1) is 17.2 Å². The van der Waals surface area contributed by atoms with Gasteiger partial charge in [0.2, 0.25) is 15.7 Å². The number of rotatable bonds is 10. The molecule has 1 aromatic heterocycles. The quantitative estimate of drug-likeness (QED) is 0.264. The lowest BCUT2D eigenvalue weighted by molar-refractivity contribution is 0.0568. The molecule has 0 saturated heterocycles. The molecule has 5 rings (SSSR count). The number of carbonyl (C=O) groups excluding carboxylic acids is 1. The monoisotopic (exact) mass is 612 g/mol. The standard InChI is InChI=1S/C33H32N4O6S/c1-20(2)43-19-28-36-32(39)30(33(40)37(28)29(23-11-12-23)24-8-6-7-21(17-24)18-34)44(41,42)25-15-13-22(14-16-25)26-9-4-5-10-27(26)31(38)35-3/h4-10,13-17,20,23,29,40H,11-12,19H2,1-3H3,(H,35,38). The zero-order chi connectivity index (χ0) is 31.6. The van der Waals surface area contributed by atoms with Crippen molar-refractivity contribution in [2.45, 2.75) is 55.2 Å². The molecule has 2 N–H and O–H groups in total. The molecule has 4 aromatic rings. The number of amides is 1. The van der Waals surface area contributed by atoms with Crippen molar-refractivity contribution in [2.75, 3.05) is 7.05 Å². The molecule has 1 amide bonds. The van der Waals surface area contributed by atoms with Crippen LogP contribution < -0.4 is 10.9 Å². The summed E-state index contributed by atoms with van der Waals surface area (Å²) in [5, 5.41) is 23.8. The van der Waals surface area contributed by atoms with Crippen molar-refractivity contribution in [3.05, 3.63) is 106 Å². The van der Waals surface area contributed by atoms with Crippen molar-refractivity contribution in [3.8, 4) is 23.1 Å². The minimum Gasteiger partial charge on any atom is -0.493 e. The van der Waals surface area contributed by atoms with Crippen molar-refractivity contribution in [3.63, 3.8) is 0 Å². The molecule has 0 bridgehead atoms. The van der Waals surface area contributed by atoms with E-state index < -0.39 is 32.2 Å². The molecule has 0 spiro atoms. The highest BCUT2D eigenvalue weighted by atomic mass is 32.2. The number of ether oxygens (including phenoxy) is 1. The van der Waals surface area contributed by atoms with Crippen molar-refractivity contribution in [1.29, 1.82) is 5.26 Å². The molecule has 0 radical (unpaired) electrons. The third-order valence-electron chi connectivity index (χ3n) is 7.53. The molecular weight excluding hydrogens is 580 g/mol. The van der Waals surface area contributed by atoms with Gasteiger partial charge in [0.05, 0.1) is 28.7 Å². The van der Waals surface area contributed by atoms with Gasteiger partial charge in [0, 0.05) is 12.6 Å². The van der Waals surface area contributed by atoms with Crippen LogP contribution in [0.3, 0.4) is 0 Å². The van der Waals surface area contributed by atoms with Crippen LogP contribution in [-0.2, 0) is 21.2 Å². The Morgan fingerprint density at radius 2 is 1.82 bits per heavy atom. The van der Waals surface area contributed by atoms with Crippen molar-refractivity contribution in [2.24, 2.45) is 5.92 Å². The number of sulfone groups is 1. The molecular formula is C33H32N4O6S. The van der Waals surface area contributed by atoms with E-state index in [2.05, 4.69) is 16.4 Å². The van der Waals surface area contributed by atoms with Crippen LogP contribution in [0.4, 0.5) is 0 Å². The molecule has 0 aliphatic heterocycles. The van der Waals surface area contributed by atoms with Gasteiger partial charge in [-0.15, -0.1) is 0 Å². The average Bonchev–Trinajstić information content (AvgIpc) is 3.86. The molecule has 1 heterocycles. The van der Waals surface area contributed by atoms with Gasteiger partial charge in [0.1, 0.15) is 12.4 Å². The molecule has 226 valence electrons. The van der Waals surface area contributed by atoms with Crippen LogP contribution in [0.25, 0.3) is 11.1 Å². The molecule has 1 unspecified atom stereocenters. The summed E-state index contributed by atoms with van der Waals surface area (Å²) in [5.41, 5.74) is 1.60. The topological polar surface area (TPSA) is 151 Å². The van der Waals surface area contributed by atoms with Crippen LogP contribution in [-0.4, -0.2) is 42.1 Å². The SMILES string of the molecule is CNC(=O)c1ccccc1-c1ccc(S(=O)(=O)c2c(O)n(C(c3cccc(C#N)c3)C3CC3)c(COC(C)C)nc2=O)cc1. The van der Waals surface area contributed by atoms with E-state index in [1.54, 1.807) is 60.7 Å². The zero-order valence-electron chi connectivity index (χ0n) is 24.5. The third-order valence-corrected chi connectivity index (χ3v) is 9.31. The number of benzene rings is 3. The Morgan fingerprint density at radius 1 is 1.11 bits per heavy atom. The van der Waals surface area contributed by atoms with Gasteiger partial charge >= 0.3 is 0 Å². The highest BCUT2D eigenvalue weighted by Gasteiger charge is 2.39. The van der Waals surface area contributed by atoms with Gasteiger partial charge in [-0.1, -0.05) is 42.5 Å². The Balaban J connectivity index is 1.64. The Morgan fingerprint density at radius 3 is 2.45 bits per heavy atom. The van der Waals surface area contributed by atoms with E-state index in [-0.39, 0.29) is 35.3 Å². The van der Waals surface area contributed by atoms with Crippen LogP contribution in [0.2, 0.25) is 0 Å². The molecule has 1 saturated carbocycles. The first-order valence-corrected chi connectivity index (χ1v) is 15.7. The first-order chi connectivity index (χ1) is 21.1. The summed E-state index contributed by atoms with van der Waals surface area (Å²) < 4.78 is 35.1. The van der Waals surface area contributed by atoms with E-state index in [1.165, 1.54) is 23.7 Å². The number of nitrogens with one attached hydrogen (secondary N) is 1. The number of aromatic hydroxyl groups is 1. The van der Waals surface area contributed by atoms with Gasteiger partial charge < -0.3 is 15.2 Å². The fraction of sp³-hybridized carbons (Fsp3) is 0.273. The number of aromatic nitrogens is 2. The molecule has 44 heavy (non-hydrogen) atoms. The fourth-order valence-electron chi connectivity index (χ4n) is 5.25. The minimum absolute atomic E-state index is 0.0205. The van der Waals surface area contributed by atoms with Crippen LogP contribution >= 0.6 is 0 Å². The van der Waals surface area contributed by atoms with E-state index in [4.69, 9.17) is 4.74 Å². The van der Waals surface area contributed by atoms with E-state index in [0.29, 0.717) is 27.8 Å². The number of nitriles is 1. The maximum absolute atomic E-state index is 14.0. The summed E-state index contributed by atoms with van der Waals surface area (Å²) in [6.45, 7) is 3.49. The van der Waals surface area contributed by atoms with Gasteiger partial charge in [-0.05, 0) is 79.6 Å². The highest BCUT2D eigenvalue weighted by Crippen LogP contribution is 2.46. The second-order valence-corrected chi connectivity index (χ2v) is 12.8. The molecule has 1 aliphatic rings. The second kappa shape index (κ2) is 12.4. The van der Waals surface area contributed by atoms with Gasteiger partial charge in [-0.25, -0.2) is 8.42 Å². The Hall–Kier alpha value is -4.79. The predicted octanol–water partition coefficient (Wildman–Crippen LogP) is 4.60. The van der Waals surface area contributed by atoms with Gasteiger partial charge in [0.25, 0.3) is 11.5 Å². The average molecular weight is 613 g/mol. The zero-order valence-corrected chi connectivity index (χ0v) is 25.3. The molecule has 1 fully saturated rings. The van der Waals surface area contributed by atoms with Crippen LogP contribution in [0.1, 0.15) is 60.0 Å². The van der Waals surface area contributed by atoms with Gasteiger partial charge in [0.15, 0.2) is 4.90 Å². The second-order valence-electron chi connectivity index (χ2n) is 10.9. The summed E-state index contributed by atoms with van der Waals surface area (Å²) in [6, 6.07) is 21.1. The first kappa shape index (κ1) is 30.7. The molecule has 11 heteroatoms.